The van der Waals surface area contributed by atoms with Crippen LogP contribution in [0.3, 0.4) is 0 Å². The van der Waals surface area contributed by atoms with Gasteiger partial charge in [0.05, 0.1) is 6.54 Å². The molecule has 0 saturated carbocycles. The number of thioether (sulfide) groups is 1. The minimum absolute atomic E-state index is 0.158. The summed E-state index contributed by atoms with van der Waals surface area (Å²) in [5.41, 5.74) is 1.05. The van der Waals surface area contributed by atoms with Crippen LogP contribution >= 0.6 is 11.8 Å². The lowest BCUT2D eigenvalue weighted by Crippen LogP contribution is -2.38. The van der Waals surface area contributed by atoms with E-state index < -0.39 is 0 Å². The van der Waals surface area contributed by atoms with Gasteiger partial charge in [-0.25, -0.2) is 4.39 Å². The number of guanidine groups is 1. The molecule has 3 nitrogen and oxygen atoms in total. The second-order valence-corrected chi connectivity index (χ2v) is 6.92. The molecule has 22 heavy (non-hydrogen) atoms. The molecule has 1 saturated heterocycles. The van der Waals surface area contributed by atoms with Crippen molar-refractivity contribution in [1.29, 1.82) is 0 Å². The Morgan fingerprint density at radius 3 is 3.05 bits per heavy atom. The first-order chi connectivity index (χ1) is 10.8. The van der Waals surface area contributed by atoms with E-state index in [-0.39, 0.29) is 5.82 Å². The van der Waals surface area contributed by atoms with Crippen molar-refractivity contribution in [3.8, 4) is 0 Å². The van der Waals surface area contributed by atoms with Gasteiger partial charge in [0.15, 0.2) is 5.96 Å². The van der Waals surface area contributed by atoms with Crippen LogP contribution < -0.4 is 10.6 Å². The lowest BCUT2D eigenvalue weighted by atomic mass is 10.1. The van der Waals surface area contributed by atoms with Crippen molar-refractivity contribution in [2.75, 3.05) is 25.4 Å². The Morgan fingerprint density at radius 2 is 2.32 bits per heavy atom. The van der Waals surface area contributed by atoms with Gasteiger partial charge < -0.3 is 10.6 Å². The molecule has 0 aromatic heterocycles. The Balaban J connectivity index is 1.70. The molecule has 0 amide bonds. The molecular formula is C17H26FN3S. The van der Waals surface area contributed by atoms with E-state index in [1.807, 2.05) is 17.8 Å². The van der Waals surface area contributed by atoms with Crippen molar-refractivity contribution < 1.29 is 4.39 Å². The number of rotatable bonds is 7. The fraction of sp³-hybridized carbons (Fsp3) is 0.588. The van der Waals surface area contributed by atoms with Crippen molar-refractivity contribution in [3.05, 3.63) is 35.6 Å². The van der Waals surface area contributed by atoms with E-state index in [1.165, 1.54) is 24.7 Å². The second kappa shape index (κ2) is 9.72. The Kier molecular flexibility index (Phi) is 7.57. The minimum Gasteiger partial charge on any atom is -0.357 e. The van der Waals surface area contributed by atoms with Crippen molar-refractivity contribution in [2.24, 2.45) is 4.99 Å². The fourth-order valence-corrected chi connectivity index (χ4v) is 3.69. The maximum Gasteiger partial charge on any atom is 0.191 e. The van der Waals surface area contributed by atoms with Crippen LogP contribution in [0.1, 0.15) is 31.7 Å². The molecule has 2 N–H and O–H groups in total. The van der Waals surface area contributed by atoms with Crippen molar-refractivity contribution >= 4 is 17.7 Å². The summed E-state index contributed by atoms with van der Waals surface area (Å²) >= 11 is 2.03. The zero-order valence-electron chi connectivity index (χ0n) is 13.3. The molecule has 122 valence electrons. The topological polar surface area (TPSA) is 36.4 Å². The standard InChI is InChI=1S/C17H26FN3S/c1-2-19-17(21-13-16-9-5-11-22-16)20-10-4-7-14-6-3-8-15(18)12-14/h3,6,8,12,16H,2,4-5,7,9-11,13H2,1H3,(H2,19,20,21). The smallest absolute Gasteiger partial charge is 0.191 e. The van der Waals surface area contributed by atoms with Gasteiger partial charge in [-0.05, 0) is 56.1 Å². The van der Waals surface area contributed by atoms with Crippen LogP contribution in [-0.2, 0) is 6.42 Å². The van der Waals surface area contributed by atoms with E-state index in [2.05, 4.69) is 22.5 Å². The number of nitrogens with zero attached hydrogens (tertiary/aromatic N) is 1. The zero-order valence-corrected chi connectivity index (χ0v) is 14.1. The summed E-state index contributed by atoms with van der Waals surface area (Å²) in [4.78, 5) is 4.67. The van der Waals surface area contributed by atoms with Gasteiger partial charge in [-0.2, -0.15) is 11.8 Å². The van der Waals surface area contributed by atoms with Crippen LogP contribution in [0.5, 0.6) is 0 Å². The Hall–Kier alpha value is -1.23. The maximum absolute atomic E-state index is 13.1. The molecule has 1 aliphatic rings. The average molecular weight is 323 g/mol. The molecule has 2 rings (SSSR count). The molecular weight excluding hydrogens is 297 g/mol. The Labute approximate surface area is 137 Å². The zero-order chi connectivity index (χ0) is 15.6. The number of halogens is 1. The van der Waals surface area contributed by atoms with Crippen molar-refractivity contribution in [1.82, 2.24) is 10.6 Å². The van der Waals surface area contributed by atoms with Crippen molar-refractivity contribution in [3.63, 3.8) is 0 Å². The van der Waals surface area contributed by atoms with Crippen LogP contribution in [0.15, 0.2) is 29.3 Å². The van der Waals surface area contributed by atoms with E-state index in [0.29, 0.717) is 5.25 Å². The average Bonchev–Trinajstić information content (AvgIpc) is 3.02. The molecule has 1 aromatic carbocycles. The van der Waals surface area contributed by atoms with E-state index in [9.17, 15) is 4.39 Å². The van der Waals surface area contributed by atoms with E-state index in [4.69, 9.17) is 0 Å². The van der Waals surface area contributed by atoms with Gasteiger partial charge in [0.25, 0.3) is 0 Å². The number of hydrogen-bond donors (Lipinski definition) is 2. The van der Waals surface area contributed by atoms with Crippen molar-refractivity contribution in [2.45, 2.75) is 37.9 Å². The third-order valence-electron chi connectivity index (χ3n) is 3.64. The number of aliphatic imine (C=N–C) groups is 1. The third kappa shape index (κ3) is 6.26. The first-order valence-electron chi connectivity index (χ1n) is 8.16. The molecule has 1 heterocycles. The highest BCUT2D eigenvalue weighted by atomic mass is 32.2. The van der Waals surface area contributed by atoms with E-state index >= 15 is 0 Å². The molecule has 5 heteroatoms. The quantitative estimate of drug-likeness (QED) is 0.459. The predicted molar refractivity (Wildman–Crippen MR) is 94.2 cm³/mol. The van der Waals surface area contributed by atoms with Gasteiger partial charge in [0.1, 0.15) is 5.82 Å². The van der Waals surface area contributed by atoms with Gasteiger partial charge in [-0.15, -0.1) is 0 Å². The number of hydrogen-bond acceptors (Lipinski definition) is 2. The Morgan fingerprint density at radius 1 is 1.41 bits per heavy atom. The normalized spacial score (nSPS) is 18.5. The summed E-state index contributed by atoms with van der Waals surface area (Å²) in [6.07, 6.45) is 4.45. The summed E-state index contributed by atoms with van der Waals surface area (Å²) in [7, 11) is 0. The summed E-state index contributed by atoms with van der Waals surface area (Å²) < 4.78 is 13.1. The monoisotopic (exact) mass is 323 g/mol. The van der Waals surface area contributed by atoms with Crippen LogP contribution in [0, 0.1) is 5.82 Å². The molecule has 1 aliphatic heterocycles. The Bertz CT molecular complexity index is 473. The summed E-state index contributed by atoms with van der Waals surface area (Å²) in [5, 5.41) is 7.33. The fourth-order valence-electron chi connectivity index (χ4n) is 2.51. The first kappa shape index (κ1) is 17.1. The molecule has 0 bridgehead atoms. The minimum atomic E-state index is -0.158. The van der Waals surface area contributed by atoms with Crippen LogP contribution in [0.2, 0.25) is 0 Å². The lowest BCUT2D eigenvalue weighted by molar-refractivity contribution is 0.624. The summed E-state index contributed by atoms with van der Waals surface area (Å²) in [6, 6.07) is 6.83. The highest BCUT2D eigenvalue weighted by molar-refractivity contribution is 8.00. The predicted octanol–water partition coefficient (Wildman–Crippen LogP) is 3.21. The third-order valence-corrected chi connectivity index (χ3v) is 5.03. The van der Waals surface area contributed by atoms with Gasteiger partial charge >= 0.3 is 0 Å². The molecule has 1 fully saturated rings. The van der Waals surface area contributed by atoms with Gasteiger partial charge in [-0.3, -0.25) is 4.99 Å². The SMILES string of the molecule is CCNC(=NCC1CCCS1)NCCCc1cccc(F)c1. The van der Waals surface area contributed by atoms with E-state index in [1.54, 1.807) is 12.1 Å². The van der Waals surface area contributed by atoms with E-state index in [0.717, 1.165) is 44.0 Å². The lowest BCUT2D eigenvalue weighted by Gasteiger charge is -2.12. The molecule has 0 aliphatic carbocycles. The first-order valence-corrected chi connectivity index (χ1v) is 9.21. The maximum atomic E-state index is 13.1. The molecule has 1 atom stereocenters. The van der Waals surface area contributed by atoms with Crippen LogP contribution in [-0.4, -0.2) is 36.6 Å². The molecule has 1 unspecified atom stereocenters. The molecule has 1 aromatic rings. The van der Waals surface area contributed by atoms with Gasteiger partial charge in [0, 0.05) is 18.3 Å². The highest BCUT2D eigenvalue weighted by Crippen LogP contribution is 2.25. The summed E-state index contributed by atoms with van der Waals surface area (Å²) in [5.74, 6) is 2.02. The van der Waals surface area contributed by atoms with Crippen LogP contribution in [0.4, 0.5) is 4.39 Å². The largest absolute Gasteiger partial charge is 0.357 e. The number of aryl methyl sites for hydroxylation is 1. The number of nitrogens with one attached hydrogen (secondary N) is 2. The van der Waals surface area contributed by atoms with Gasteiger partial charge in [0.2, 0.25) is 0 Å². The molecule has 0 radical (unpaired) electrons. The van der Waals surface area contributed by atoms with Crippen LogP contribution in [0.25, 0.3) is 0 Å². The highest BCUT2D eigenvalue weighted by Gasteiger charge is 2.14. The molecule has 0 spiro atoms. The second-order valence-electron chi connectivity index (χ2n) is 5.51. The summed E-state index contributed by atoms with van der Waals surface area (Å²) in [6.45, 7) is 4.69. The van der Waals surface area contributed by atoms with Gasteiger partial charge in [-0.1, -0.05) is 12.1 Å². The number of benzene rings is 1.